The average Bonchev–Trinajstić information content (AvgIpc) is 2.98. The van der Waals surface area contributed by atoms with Crippen molar-refractivity contribution in [3.63, 3.8) is 0 Å². The van der Waals surface area contributed by atoms with Crippen LogP contribution in [0.25, 0.3) is 0 Å². The molecule has 40 heavy (non-hydrogen) atoms. The Morgan fingerprint density at radius 2 is 0.900 bits per heavy atom. The van der Waals surface area contributed by atoms with Gasteiger partial charge in [-0.3, -0.25) is 9.59 Å². The van der Waals surface area contributed by atoms with Crippen LogP contribution in [0.15, 0.2) is 98.1 Å². The lowest BCUT2D eigenvalue weighted by Gasteiger charge is -2.08. The van der Waals surface area contributed by atoms with Crippen LogP contribution in [0.3, 0.4) is 0 Å². The fourth-order valence-corrected chi connectivity index (χ4v) is 3.29. The summed E-state index contributed by atoms with van der Waals surface area (Å²) in [6.45, 7) is 7.36. The summed E-state index contributed by atoms with van der Waals surface area (Å²) in [6.07, 6.45) is 4.96. The second kappa shape index (κ2) is 15.4. The number of hydrogen-bond acceptors (Lipinski definition) is 8. The van der Waals surface area contributed by atoms with E-state index in [0.717, 1.165) is 11.1 Å². The van der Waals surface area contributed by atoms with Crippen molar-refractivity contribution in [1.29, 1.82) is 0 Å². The quantitative estimate of drug-likeness (QED) is 0.136. The van der Waals surface area contributed by atoms with Gasteiger partial charge in [0.15, 0.2) is 0 Å². The van der Waals surface area contributed by atoms with Crippen LogP contribution in [0.4, 0.5) is 0 Å². The molecule has 0 spiro atoms. The Morgan fingerprint density at radius 3 is 1.23 bits per heavy atom. The fraction of sp³-hybridized carbons (Fsp3) is 0.188. The lowest BCUT2D eigenvalue weighted by molar-refractivity contribution is -0.145. The Kier molecular flexibility index (Phi) is 11.4. The van der Waals surface area contributed by atoms with Gasteiger partial charge >= 0.3 is 23.9 Å². The molecule has 0 amide bonds. The van der Waals surface area contributed by atoms with Gasteiger partial charge in [-0.1, -0.05) is 36.4 Å². The van der Waals surface area contributed by atoms with Crippen molar-refractivity contribution in [3.05, 3.63) is 120 Å². The molecule has 0 heterocycles. The summed E-state index contributed by atoms with van der Waals surface area (Å²) >= 11 is 0. The lowest BCUT2D eigenvalue weighted by Crippen LogP contribution is -2.10. The van der Waals surface area contributed by atoms with Crippen molar-refractivity contribution in [3.8, 4) is 11.5 Å². The SMILES string of the molecule is C=CCCC(=O)OCc1ccc(C(=O)Oc2ccc(OC(=O)c3ccc(COC(=O)CCC=C)cc3)cc2)cc1. The molecule has 0 radical (unpaired) electrons. The van der Waals surface area contributed by atoms with Crippen molar-refractivity contribution < 1.29 is 38.1 Å². The number of ether oxygens (including phenoxy) is 4. The van der Waals surface area contributed by atoms with E-state index < -0.39 is 11.9 Å². The number of rotatable bonds is 14. The highest BCUT2D eigenvalue weighted by Crippen LogP contribution is 2.20. The highest BCUT2D eigenvalue weighted by Gasteiger charge is 2.12. The van der Waals surface area contributed by atoms with Crippen LogP contribution in [0.2, 0.25) is 0 Å². The van der Waals surface area contributed by atoms with Gasteiger partial charge in [-0.2, -0.15) is 0 Å². The van der Waals surface area contributed by atoms with Gasteiger partial charge in [0.2, 0.25) is 0 Å². The zero-order valence-corrected chi connectivity index (χ0v) is 22.0. The molecule has 0 aliphatic carbocycles. The summed E-state index contributed by atoms with van der Waals surface area (Å²) in [4.78, 5) is 48.2. The highest BCUT2D eigenvalue weighted by atomic mass is 16.5. The molecule has 0 aromatic heterocycles. The van der Waals surface area contributed by atoms with Gasteiger partial charge in [0.1, 0.15) is 24.7 Å². The maximum atomic E-state index is 12.5. The highest BCUT2D eigenvalue weighted by molar-refractivity contribution is 5.92. The topological polar surface area (TPSA) is 105 Å². The first-order chi connectivity index (χ1) is 19.4. The van der Waals surface area contributed by atoms with Crippen LogP contribution in [0.5, 0.6) is 11.5 Å². The summed E-state index contributed by atoms with van der Waals surface area (Å²) in [6, 6.07) is 19.1. The number of hydrogen-bond donors (Lipinski definition) is 0. The Bertz CT molecular complexity index is 1220. The molecule has 0 N–H and O–H groups in total. The average molecular weight is 543 g/mol. The molecule has 3 aromatic carbocycles. The number of allylic oxidation sites excluding steroid dienone is 2. The van der Waals surface area contributed by atoms with E-state index in [-0.39, 0.29) is 49.5 Å². The third kappa shape index (κ3) is 9.72. The summed E-state index contributed by atoms with van der Waals surface area (Å²) in [5.74, 6) is -1.21. The van der Waals surface area contributed by atoms with E-state index in [1.807, 2.05) is 0 Å². The Hall–Kier alpha value is -4.98. The van der Waals surface area contributed by atoms with Crippen LogP contribution >= 0.6 is 0 Å². The molecule has 0 aliphatic heterocycles. The van der Waals surface area contributed by atoms with Crippen LogP contribution in [-0.4, -0.2) is 23.9 Å². The van der Waals surface area contributed by atoms with Gasteiger partial charge in [-0.15, -0.1) is 13.2 Å². The minimum Gasteiger partial charge on any atom is -0.461 e. The monoisotopic (exact) mass is 542 g/mol. The molecule has 0 unspecified atom stereocenters. The second-order valence-electron chi connectivity index (χ2n) is 8.62. The van der Waals surface area contributed by atoms with Crippen molar-refractivity contribution in [2.24, 2.45) is 0 Å². The van der Waals surface area contributed by atoms with Gasteiger partial charge in [0.25, 0.3) is 0 Å². The van der Waals surface area contributed by atoms with E-state index in [4.69, 9.17) is 18.9 Å². The third-order valence-corrected chi connectivity index (χ3v) is 5.53. The molecule has 8 heteroatoms. The van der Waals surface area contributed by atoms with Crippen molar-refractivity contribution in [2.45, 2.75) is 38.9 Å². The van der Waals surface area contributed by atoms with E-state index in [1.54, 1.807) is 60.7 Å². The fourth-order valence-electron chi connectivity index (χ4n) is 3.29. The molecule has 206 valence electrons. The van der Waals surface area contributed by atoms with Gasteiger partial charge < -0.3 is 18.9 Å². The van der Waals surface area contributed by atoms with E-state index in [9.17, 15) is 19.2 Å². The van der Waals surface area contributed by atoms with E-state index >= 15 is 0 Å². The van der Waals surface area contributed by atoms with Gasteiger partial charge in [0, 0.05) is 12.8 Å². The molecule has 3 rings (SSSR count). The molecular formula is C32H30O8. The summed E-state index contributed by atoms with van der Waals surface area (Å²) in [5.41, 5.74) is 2.14. The Morgan fingerprint density at radius 1 is 0.550 bits per heavy atom. The van der Waals surface area contributed by atoms with E-state index in [2.05, 4.69) is 13.2 Å². The largest absolute Gasteiger partial charge is 0.461 e. The van der Waals surface area contributed by atoms with Crippen LogP contribution in [-0.2, 0) is 32.3 Å². The lowest BCUT2D eigenvalue weighted by atomic mass is 10.1. The smallest absolute Gasteiger partial charge is 0.343 e. The van der Waals surface area contributed by atoms with Crippen LogP contribution in [0.1, 0.15) is 57.5 Å². The van der Waals surface area contributed by atoms with Crippen LogP contribution < -0.4 is 9.47 Å². The number of carbonyl (C=O) groups is 4. The van der Waals surface area contributed by atoms with Gasteiger partial charge in [-0.05, 0) is 72.5 Å². The molecule has 0 bridgehead atoms. The summed E-state index contributed by atoms with van der Waals surface area (Å²) in [7, 11) is 0. The van der Waals surface area contributed by atoms with Crippen LogP contribution in [0, 0.1) is 0 Å². The van der Waals surface area contributed by atoms with Crippen molar-refractivity contribution in [2.75, 3.05) is 0 Å². The first kappa shape index (κ1) is 29.6. The first-order valence-electron chi connectivity index (χ1n) is 12.6. The molecule has 0 saturated heterocycles. The maximum Gasteiger partial charge on any atom is 0.343 e. The van der Waals surface area contributed by atoms with E-state index in [0.29, 0.717) is 24.0 Å². The predicted octanol–water partition coefficient (Wildman–Crippen LogP) is 6.14. The number of benzene rings is 3. The number of esters is 4. The summed E-state index contributed by atoms with van der Waals surface area (Å²) in [5, 5.41) is 0. The zero-order valence-electron chi connectivity index (χ0n) is 22.0. The molecule has 0 atom stereocenters. The minimum absolute atomic E-state index is 0.113. The first-order valence-corrected chi connectivity index (χ1v) is 12.6. The molecule has 8 nitrogen and oxygen atoms in total. The number of carbonyl (C=O) groups excluding carboxylic acids is 4. The van der Waals surface area contributed by atoms with Gasteiger partial charge in [-0.25, -0.2) is 9.59 Å². The molecular weight excluding hydrogens is 512 g/mol. The molecule has 0 fully saturated rings. The standard InChI is InChI=1S/C32H30O8/c1-3-5-7-29(33)37-21-23-9-13-25(14-10-23)31(35)39-27-17-19-28(20-18-27)40-32(36)26-15-11-24(12-16-26)22-38-30(34)8-6-4-2/h3-4,9-20H,1-2,5-8,21-22H2. The van der Waals surface area contributed by atoms with Crippen molar-refractivity contribution in [1.82, 2.24) is 0 Å². The zero-order chi connectivity index (χ0) is 28.7. The molecule has 0 aliphatic rings. The Balaban J connectivity index is 1.46. The molecule has 0 saturated carbocycles. The third-order valence-electron chi connectivity index (χ3n) is 5.53. The predicted molar refractivity (Wildman–Crippen MR) is 148 cm³/mol. The normalized spacial score (nSPS) is 10.2. The Labute approximate surface area is 232 Å². The molecule has 3 aromatic rings. The van der Waals surface area contributed by atoms with Gasteiger partial charge in [0.05, 0.1) is 11.1 Å². The second-order valence-corrected chi connectivity index (χ2v) is 8.62. The van der Waals surface area contributed by atoms with E-state index in [1.165, 1.54) is 24.3 Å². The van der Waals surface area contributed by atoms with Crippen molar-refractivity contribution >= 4 is 23.9 Å². The summed E-state index contributed by atoms with van der Waals surface area (Å²) < 4.78 is 21.1. The minimum atomic E-state index is -0.564. The maximum absolute atomic E-state index is 12.5.